The maximum Gasteiger partial charge on any atom is 0.116 e. The number of hydrogen-bond donors (Lipinski definition) is 2. The van der Waals surface area contributed by atoms with Crippen molar-refractivity contribution in [3.8, 4) is 5.75 Å². The molecule has 0 saturated carbocycles. The van der Waals surface area contributed by atoms with Crippen molar-refractivity contribution in [2.75, 3.05) is 6.54 Å². The first-order valence-corrected chi connectivity index (χ1v) is 8.94. The molecule has 124 valence electrons. The van der Waals surface area contributed by atoms with E-state index in [4.69, 9.17) is 4.99 Å². The fourth-order valence-electron chi connectivity index (χ4n) is 3.94. The maximum atomic E-state index is 9.85. The minimum absolute atomic E-state index is 0.340. The number of H-pyrrole nitrogens is 1. The monoisotopic (exact) mass is 312 g/mol. The van der Waals surface area contributed by atoms with E-state index in [0.717, 1.165) is 23.9 Å². The zero-order chi connectivity index (χ0) is 16.4. The average Bonchev–Trinajstić information content (AvgIpc) is 2.88. The van der Waals surface area contributed by atoms with Crippen LogP contribution in [0.15, 0.2) is 23.2 Å². The molecule has 0 saturated heterocycles. The third-order valence-electron chi connectivity index (χ3n) is 5.41. The predicted octanol–water partition coefficient (Wildman–Crippen LogP) is 5.19. The second-order valence-electron chi connectivity index (χ2n) is 6.96. The van der Waals surface area contributed by atoms with Gasteiger partial charge in [-0.2, -0.15) is 0 Å². The lowest BCUT2D eigenvalue weighted by Gasteiger charge is -2.16. The zero-order valence-electron chi connectivity index (χ0n) is 14.5. The van der Waals surface area contributed by atoms with E-state index in [-0.39, 0.29) is 0 Å². The lowest BCUT2D eigenvalue weighted by Crippen LogP contribution is -2.11. The summed E-state index contributed by atoms with van der Waals surface area (Å²) in [6.07, 6.45) is 5.82. The summed E-state index contributed by atoms with van der Waals surface area (Å²) in [6, 6.07) is 5.63. The summed E-state index contributed by atoms with van der Waals surface area (Å²) in [6.45, 7) is 7.62. The number of hydrogen-bond acceptors (Lipinski definition) is 2. The molecular formula is C20H28N2O. The van der Waals surface area contributed by atoms with E-state index in [9.17, 15) is 5.11 Å². The molecule has 0 spiro atoms. The lowest BCUT2D eigenvalue weighted by molar-refractivity contribution is 0.476. The van der Waals surface area contributed by atoms with E-state index in [1.807, 2.05) is 12.1 Å². The van der Waals surface area contributed by atoms with Crippen molar-refractivity contribution in [3.63, 3.8) is 0 Å². The molecule has 0 fully saturated rings. The summed E-state index contributed by atoms with van der Waals surface area (Å²) < 4.78 is 0. The van der Waals surface area contributed by atoms with Crippen LogP contribution in [0.25, 0.3) is 10.9 Å². The highest BCUT2D eigenvalue weighted by molar-refractivity contribution is 5.87. The normalized spacial score (nSPS) is 23.2. The molecule has 2 atom stereocenters. The molecule has 0 bridgehead atoms. The topological polar surface area (TPSA) is 48.4 Å². The Labute approximate surface area is 138 Å². The Morgan fingerprint density at radius 1 is 1.30 bits per heavy atom. The smallest absolute Gasteiger partial charge is 0.116 e. The SMILES string of the molecule is CC[C@H]1CCC[C@H](C)c2[nH]c3ccc(O)cc3c2CCN=C1C. The number of aromatic hydroxyl groups is 1. The fraction of sp³-hybridized carbons (Fsp3) is 0.550. The van der Waals surface area contributed by atoms with Gasteiger partial charge in [0.15, 0.2) is 0 Å². The molecular weight excluding hydrogens is 284 g/mol. The van der Waals surface area contributed by atoms with Crippen LogP contribution in [0.3, 0.4) is 0 Å². The Balaban J connectivity index is 2.01. The van der Waals surface area contributed by atoms with Crippen molar-refractivity contribution >= 4 is 16.6 Å². The van der Waals surface area contributed by atoms with Gasteiger partial charge >= 0.3 is 0 Å². The zero-order valence-corrected chi connectivity index (χ0v) is 14.5. The second-order valence-corrected chi connectivity index (χ2v) is 6.96. The molecule has 0 aliphatic carbocycles. The second kappa shape index (κ2) is 6.77. The Kier molecular flexibility index (Phi) is 4.74. The number of benzene rings is 1. The van der Waals surface area contributed by atoms with Gasteiger partial charge in [-0.3, -0.25) is 4.99 Å². The molecule has 2 aromatic rings. The van der Waals surface area contributed by atoms with Crippen LogP contribution in [0.2, 0.25) is 0 Å². The Bertz CT molecular complexity index is 714. The molecule has 3 nitrogen and oxygen atoms in total. The number of nitrogens with one attached hydrogen (secondary N) is 1. The highest BCUT2D eigenvalue weighted by atomic mass is 16.3. The molecule has 2 N–H and O–H groups in total. The fourth-order valence-corrected chi connectivity index (χ4v) is 3.94. The van der Waals surface area contributed by atoms with Crippen molar-refractivity contribution < 1.29 is 5.11 Å². The number of phenols is 1. The number of aliphatic imine (C=N–C) groups is 1. The average molecular weight is 312 g/mol. The van der Waals surface area contributed by atoms with E-state index in [2.05, 4.69) is 25.8 Å². The molecule has 1 aromatic carbocycles. The van der Waals surface area contributed by atoms with E-state index in [0.29, 0.717) is 17.6 Å². The summed E-state index contributed by atoms with van der Waals surface area (Å²) in [7, 11) is 0. The van der Waals surface area contributed by atoms with Gasteiger partial charge in [-0.15, -0.1) is 0 Å². The number of aromatic nitrogens is 1. The summed E-state index contributed by atoms with van der Waals surface area (Å²) >= 11 is 0. The first kappa shape index (κ1) is 16.1. The molecule has 23 heavy (non-hydrogen) atoms. The largest absolute Gasteiger partial charge is 0.508 e. The molecule has 3 heteroatoms. The quantitative estimate of drug-likeness (QED) is 0.748. The van der Waals surface area contributed by atoms with E-state index >= 15 is 0 Å². The van der Waals surface area contributed by atoms with Gasteiger partial charge in [-0.1, -0.05) is 20.3 Å². The number of fused-ring (bicyclic) bond motifs is 3. The third kappa shape index (κ3) is 3.29. The first-order valence-electron chi connectivity index (χ1n) is 8.94. The Hall–Kier alpha value is -1.77. The van der Waals surface area contributed by atoms with Crippen LogP contribution in [0.5, 0.6) is 5.75 Å². The van der Waals surface area contributed by atoms with Crippen molar-refractivity contribution in [3.05, 3.63) is 29.5 Å². The van der Waals surface area contributed by atoms with Crippen LogP contribution in [0, 0.1) is 5.92 Å². The van der Waals surface area contributed by atoms with E-state index in [1.165, 1.54) is 42.7 Å². The lowest BCUT2D eigenvalue weighted by atomic mass is 9.91. The summed E-state index contributed by atoms with van der Waals surface area (Å²) in [5.41, 5.74) is 5.12. The highest BCUT2D eigenvalue weighted by Gasteiger charge is 2.19. The van der Waals surface area contributed by atoms with Gasteiger partial charge in [-0.25, -0.2) is 0 Å². The standard InChI is InChI=1S/C20H28N2O/c1-4-15-7-5-6-13(2)20-17(10-11-21-14(15)3)18-12-16(23)8-9-19(18)22-20/h8-9,12-13,15,22-23H,4-7,10-11H2,1-3H3/t13-,15-/m0/s1. The van der Waals surface area contributed by atoms with E-state index < -0.39 is 0 Å². The third-order valence-corrected chi connectivity index (χ3v) is 5.41. The van der Waals surface area contributed by atoms with Gasteiger partial charge in [0.25, 0.3) is 0 Å². The molecule has 1 aromatic heterocycles. The Morgan fingerprint density at radius 2 is 2.13 bits per heavy atom. The number of nitrogens with zero attached hydrogens (tertiary/aromatic N) is 1. The van der Waals surface area contributed by atoms with Gasteiger partial charge in [0.1, 0.15) is 5.75 Å². The van der Waals surface area contributed by atoms with Crippen LogP contribution in [0.4, 0.5) is 0 Å². The van der Waals surface area contributed by atoms with Crippen LogP contribution >= 0.6 is 0 Å². The van der Waals surface area contributed by atoms with Crippen LogP contribution < -0.4 is 0 Å². The van der Waals surface area contributed by atoms with Gasteiger partial charge in [0.2, 0.25) is 0 Å². The molecule has 1 aliphatic heterocycles. The number of aromatic amines is 1. The van der Waals surface area contributed by atoms with Crippen molar-refractivity contribution in [2.24, 2.45) is 10.9 Å². The molecule has 0 amide bonds. The molecule has 1 aliphatic rings. The van der Waals surface area contributed by atoms with Crippen molar-refractivity contribution in [2.45, 2.75) is 58.8 Å². The van der Waals surface area contributed by atoms with Gasteiger partial charge < -0.3 is 10.1 Å². The van der Waals surface area contributed by atoms with Crippen LogP contribution in [-0.4, -0.2) is 22.3 Å². The van der Waals surface area contributed by atoms with Crippen molar-refractivity contribution in [1.29, 1.82) is 0 Å². The van der Waals surface area contributed by atoms with Gasteiger partial charge in [-0.05, 0) is 68.2 Å². The van der Waals surface area contributed by atoms with Gasteiger partial charge in [0, 0.05) is 28.9 Å². The summed E-state index contributed by atoms with van der Waals surface area (Å²) in [5, 5.41) is 11.0. The summed E-state index contributed by atoms with van der Waals surface area (Å²) in [5.74, 6) is 1.50. The molecule has 2 heterocycles. The molecule has 0 radical (unpaired) electrons. The minimum atomic E-state index is 0.340. The maximum absolute atomic E-state index is 9.85. The Morgan fingerprint density at radius 3 is 2.91 bits per heavy atom. The van der Waals surface area contributed by atoms with Crippen LogP contribution in [0.1, 0.15) is 63.6 Å². The highest BCUT2D eigenvalue weighted by Crippen LogP contribution is 2.33. The van der Waals surface area contributed by atoms with Gasteiger partial charge in [0.05, 0.1) is 0 Å². The first-order chi connectivity index (χ1) is 11.1. The number of phenolic OH excluding ortho intramolecular Hbond substituents is 1. The van der Waals surface area contributed by atoms with E-state index in [1.54, 1.807) is 6.07 Å². The molecule has 3 rings (SSSR count). The number of rotatable bonds is 1. The predicted molar refractivity (Wildman–Crippen MR) is 97.7 cm³/mol. The van der Waals surface area contributed by atoms with Crippen molar-refractivity contribution in [1.82, 2.24) is 4.98 Å². The summed E-state index contributed by atoms with van der Waals surface area (Å²) in [4.78, 5) is 8.46. The minimum Gasteiger partial charge on any atom is -0.508 e. The van der Waals surface area contributed by atoms with Crippen LogP contribution in [-0.2, 0) is 6.42 Å². The molecule has 0 unspecified atom stereocenters.